The predicted octanol–water partition coefficient (Wildman–Crippen LogP) is 1.06. The van der Waals surface area contributed by atoms with Crippen LogP contribution in [0.15, 0.2) is 5.10 Å². The molecular weight excluding hydrogens is 260 g/mol. The van der Waals surface area contributed by atoms with Gasteiger partial charge in [-0.2, -0.15) is 5.10 Å². The molecule has 6 nitrogen and oxygen atoms in total. The van der Waals surface area contributed by atoms with Crippen LogP contribution in [0, 0.1) is 17.8 Å². The zero-order chi connectivity index (χ0) is 15.6. The normalized spacial score (nSPS) is 10.9. The molecule has 0 saturated heterocycles. The van der Waals surface area contributed by atoms with Crippen molar-refractivity contribution in [2.75, 3.05) is 27.3 Å². The number of nitrogens with zero attached hydrogens (tertiary/aromatic N) is 2. The van der Waals surface area contributed by atoms with E-state index in [0.717, 1.165) is 0 Å². The minimum absolute atomic E-state index is 0.0348. The second-order valence-corrected chi connectivity index (χ2v) is 4.25. The van der Waals surface area contributed by atoms with Crippen molar-refractivity contribution in [1.82, 2.24) is 5.01 Å². The molecule has 0 aliphatic rings. The van der Waals surface area contributed by atoms with Gasteiger partial charge >= 0.3 is 11.9 Å². The lowest BCUT2D eigenvalue weighted by molar-refractivity contribution is -0.171. The van der Waals surface area contributed by atoms with Crippen LogP contribution >= 0.6 is 0 Å². The number of terminal acetylenes is 1. The van der Waals surface area contributed by atoms with E-state index in [0.29, 0.717) is 0 Å². The van der Waals surface area contributed by atoms with Crippen LogP contribution in [-0.2, 0) is 19.1 Å². The fraction of sp³-hybridized carbons (Fsp3) is 0.643. The molecule has 0 amide bonds. The number of esters is 2. The summed E-state index contributed by atoms with van der Waals surface area (Å²) in [5, 5.41) is 5.55. The Morgan fingerprint density at radius 3 is 2.10 bits per heavy atom. The van der Waals surface area contributed by atoms with Crippen molar-refractivity contribution < 1.29 is 19.1 Å². The third kappa shape index (κ3) is 4.92. The largest absolute Gasteiger partial charge is 0.465 e. The maximum absolute atomic E-state index is 12.2. The van der Waals surface area contributed by atoms with Crippen LogP contribution in [0.3, 0.4) is 0 Å². The zero-order valence-corrected chi connectivity index (χ0v) is 12.5. The molecule has 0 aliphatic heterocycles. The number of hydrogen-bond donors (Lipinski definition) is 0. The predicted molar refractivity (Wildman–Crippen MR) is 75.9 cm³/mol. The van der Waals surface area contributed by atoms with Gasteiger partial charge in [-0.15, -0.1) is 12.3 Å². The summed E-state index contributed by atoms with van der Waals surface area (Å²) in [6.07, 6.45) is 6.70. The lowest BCUT2D eigenvalue weighted by Gasteiger charge is -2.25. The number of ether oxygens (including phenoxy) is 2. The van der Waals surface area contributed by atoms with Gasteiger partial charge in [0, 0.05) is 33.2 Å². The van der Waals surface area contributed by atoms with Gasteiger partial charge in [-0.3, -0.25) is 9.59 Å². The first-order valence-electron chi connectivity index (χ1n) is 6.42. The highest BCUT2D eigenvalue weighted by atomic mass is 16.6. The van der Waals surface area contributed by atoms with Crippen molar-refractivity contribution >= 4 is 18.2 Å². The Morgan fingerprint density at radius 2 is 1.75 bits per heavy atom. The van der Waals surface area contributed by atoms with Crippen molar-refractivity contribution in [2.24, 2.45) is 10.5 Å². The lowest BCUT2D eigenvalue weighted by atomic mass is 9.81. The Kier molecular flexibility index (Phi) is 8.06. The van der Waals surface area contributed by atoms with Crippen molar-refractivity contribution in [1.29, 1.82) is 0 Å². The van der Waals surface area contributed by atoms with Crippen molar-refractivity contribution in [2.45, 2.75) is 26.7 Å². The molecule has 0 aromatic rings. The molecule has 0 saturated carbocycles. The van der Waals surface area contributed by atoms with E-state index in [-0.39, 0.29) is 26.1 Å². The maximum Gasteiger partial charge on any atom is 0.324 e. The first-order valence-corrected chi connectivity index (χ1v) is 6.42. The van der Waals surface area contributed by atoms with Gasteiger partial charge in [0.25, 0.3) is 0 Å². The van der Waals surface area contributed by atoms with Gasteiger partial charge in [0.05, 0.1) is 13.2 Å². The monoisotopic (exact) mass is 282 g/mol. The molecule has 20 heavy (non-hydrogen) atoms. The summed E-state index contributed by atoms with van der Waals surface area (Å²) in [6, 6.07) is 0. The minimum atomic E-state index is -1.53. The first-order chi connectivity index (χ1) is 9.44. The van der Waals surface area contributed by atoms with Gasteiger partial charge in [0.15, 0.2) is 5.41 Å². The molecular formula is C14H22N2O4. The topological polar surface area (TPSA) is 68.2 Å². The van der Waals surface area contributed by atoms with Gasteiger partial charge < -0.3 is 14.5 Å². The summed E-state index contributed by atoms with van der Waals surface area (Å²) in [5.74, 6) is 0.990. The molecule has 0 aromatic heterocycles. The standard InChI is InChI=1S/C14H22N2O4/c1-6-9-14(12(17)19-7-2,13(18)20-8-3)10-11-15-16(4)5/h1,11H,7-10H2,2-5H3/b15-11+. The molecule has 0 spiro atoms. The number of hydrazone groups is 1. The van der Waals surface area contributed by atoms with E-state index in [1.807, 2.05) is 0 Å². The summed E-state index contributed by atoms with van der Waals surface area (Å²) in [4.78, 5) is 24.3. The Labute approximate surface area is 120 Å². The third-order valence-corrected chi connectivity index (χ3v) is 2.49. The van der Waals surface area contributed by atoms with Gasteiger partial charge in [-0.25, -0.2) is 0 Å². The van der Waals surface area contributed by atoms with E-state index in [4.69, 9.17) is 15.9 Å². The highest BCUT2D eigenvalue weighted by molar-refractivity contribution is 6.02. The average molecular weight is 282 g/mol. The SMILES string of the molecule is C#CCC(C/C=N/N(C)C)(C(=O)OCC)C(=O)OCC. The Morgan fingerprint density at radius 1 is 1.25 bits per heavy atom. The fourth-order valence-corrected chi connectivity index (χ4v) is 1.54. The number of carbonyl (C=O) groups excluding carboxylic acids is 2. The van der Waals surface area contributed by atoms with E-state index in [9.17, 15) is 9.59 Å². The molecule has 0 aliphatic carbocycles. The highest BCUT2D eigenvalue weighted by Gasteiger charge is 2.47. The smallest absolute Gasteiger partial charge is 0.324 e. The minimum Gasteiger partial charge on any atom is -0.465 e. The molecule has 0 atom stereocenters. The van der Waals surface area contributed by atoms with Crippen LogP contribution in [0.2, 0.25) is 0 Å². The van der Waals surface area contributed by atoms with E-state index in [1.54, 1.807) is 33.0 Å². The maximum atomic E-state index is 12.2. The number of rotatable bonds is 8. The lowest BCUT2D eigenvalue weighted by Crippen LogP contribution is -2.42. The van der Waals surface area contributed by atoms with E-state index in [1.165, 1.54) is 6.21 Å². The van der Waals surface area contributed by atoms with Gasteiger partial charge in [-0.1, -0.05) is 0 Å². The van der Waals surface area contributed by atoms with Crippen LogP contribution in [0.25, 0.3) is 0 Å². The molecule has 0 rings (SSSR count). The van der Waals surface area contributed by atoms with Crippen LogP contribution in [0.4, 0.5) is 0 Å². The zero-order valence-electron chi connectivity index (χ0n) is 12.5. The number of hydrogen-bond acceptors (Lipinski definition) is 6. The van der Waals surface area contributed by atoms with Crippen LogP contribution in [0.5, 0.6) is 0 Å². The summed E-state index contributed by atoms with van der Waals surface area (Å²) in [7, 11) is 3.46. The molecule has 112 valence electrons. The molecule has 6 heteroatoms. The molecule has 0 fully saturated rings. The molecule has 0 heterocycles. The van der Waals surface area contributed by atoms with E-state index < -0.39 is 17.4 Å². The Balaban J connectivity index is 5.38. The van der Waals surface area contributed by atoms with Gasteiger partial charge in [0.2, 0.25) is 0 Å². The summed E-state index contributed by atoms with van der Waals surface area (Å²) in [5.41, 5.74) is -1.53. The molecule has 0 bridgehead atoms. The average Bonchev–Trinajstić information content (AvgIpc) is 2.37. The second kappa shape index (κ2) is 8.97. The quantitative estimate of drug-likeness (QED) is 0.219. The third-order valence-electron chi connectivity index (χ3n) is 2.49. The van der Waals surface area contributed by atoms with Crippen molar-refractivity contribution in [3.05, 3.63) is 0 Å². The Bertz CT molecular complexity index is 378. The van der Waals surface area contributed by atoms with E-state index in [2.05, 4.69) is 11.0 Å². The second-order valence-electron chi connectivity index (χ2n) is 4.25. The summed E-state index contributed by atoms with van der Waals surface area (Å²) >= 11 is 0. The Hall–Kier alpha value is -2.03. The van der Waals surface area contributed by atoms with Crippen LogP contribution < -0.4 is 0 Å². The summed E-state index contributed by atoms with van der Waals surface area (Å²) in [6.45, 7) is 3.65. The van der Waals surface area contributed by atoms with Gasteiger partial charge in [-0.05, 0) is 13.8 Å². The van der Waals surface area contributed by atoms with E-state index >= 15 is 0 Å². The molecule has 0 N–H and O–H groups in total. The molecule has 0 radical (unpaired) electrons. The summed E-state index contributed by atoms with van der Waals surface area (Å²) < 4.78 is 9.95. The number of carbonyl (C=O) groups is 2. The highest BCUT2D eigenvalue weighted by Crippen LogP contribution is 2.29. The van der Waals surface area contributed by atoms with Gasteiger partial charge in [0.1, 0.15) is 0 Å². The molecule has 0 aromatic carbocycles. The van der Waals surface area contributed by atoms with Crippen molar-refractivity contribution in [3.63, 3.8) is 0 Å². The van der Waals surface area contributed by atoms with Crippen LogP contribution in [-0.4, -0.2) is 50.5 Å². The molecule has 0 unspecified atom stereocenters. The first kappa shape index (κ1) is 18.0. The van der Waals surface area contributed by atoms with Crippen molar-refractivity contribution in [3.8, 4) is 12.3 Å². The fourth-order valence-electron chi connectivity index (χ4n) is 1.54. The van der Waals surface area contributed by atoms with Crippen LogP contribution in [0.1, 0.15) is 26.7 Å².